The van der Waals surface area contributed by atoms with E-state index in [1.54, 1.807) is 12.1 Å². The Labute approximate surface area is 202 Å². The minimum Gasteiger partial charge on any atom is -0.872 e. The number of hydrogen-bond acceptors (Lipinski definition) is 4. The third kappa shape index (κ3) is 9.40. The van der Waals surface area contributed by atoms with Crippen molar-refractivity contribution in [3.8, 4) is 17.2 Å². The zero-order valence-electron chi connectivity index (χ0n) is 18.1. The molecule has 0 aliphatic rings. The van der Waals surface area contributed by atoms with Crippen LogP contribution in [0.15, 0.2) is 47.4 Å². The van der Waals surface area contributed by atoms with E-state index in [1.807, 2.05) is 0 Å². The van der Waals surface area contributed by atoms with Crippen molar-refractivity contribution in [3.05, 3.63) is 48.0 Å². The number of aryl methyl sites for hydroxylation is 1. The molecule has 0 saturated heterocycles. The number of unbranched alkanes of at least 4 members (excludes halogenated alkanes) is 8. The molecule has 0 spiro atoms. The molecule has 160 valence electrons. The molecular formula is C23H31NaO5S. The molecule has 30 heavy (non-hydrogen) atoms. The largest absolute Gasteiger partial charge is 1.00 e. The Morgan fingerprint density at radius 2 is 1.47 bits per heavy atom. The molecule has 0 unspecified atom stereocenters. The maximum absolute atomic E-state index is 11.8. The standard InChI is InChI=1S/C23H32O5S.Na/c1-2-3-4-5-6-7-8-9-10-13-19-18-20(24)16-17-21(19)28-22-14-11-12-15-23(22)29(25,26)27;/h11-12,14-18,24H,2-10,13H2,1H3,(H,25,26,27);/q;+1/p-1. The van der Waals surface area contributed by atoms with Crippen molar-refractivity contribution in [2.24, 2.45) is 0 Å². The van der Waals surface area contributed by atoms with Crippen LogP contribution in [0.25, 0.3) is 0 Å². The third-order valence-corrected chi connectivity index (χ3v) is 5.82. The number of hydrogen-bond donors (Lipinski definition) is 1. The molecule has 0 aliphatic carbocycles. The van der Waals surface area contributed by atoms with E-state index in [9.17, 15) is 18.1 Å². The predicted octanol–water partition coefficient (Wildman–Crippen LogP) is 2.88. The molecule has 0 aliphatic heterocycles. The molecule has 7 heteroatoms. The molecule has 0 aromatic heterocycles. The van der Waals surface area contributed by atoms with Crippen LogP contribution in [0.5, 0.6) is 17.2 Å². The summed E-state index contributed by atoms with van der Waals surface area (Å²) in [6.45, 7) is 2.22. The van der Waals surface area contributed by atoms with Gasteiger partial charge in [0.15, 0.2) is 0 Å². The first-order valence-corrected chi connectivity index (χ1v) is 11.9. The van der Waals surface area contributed by atoms with Crippen LogP contribution < -0.4 is 39.4 Å². The third-order valence-electron chi connectivity index (χ3n) is 4.93. The van der Waals surface area contributed by atoms with Gasteiger partial charge in [-0.3, -0.25) is 4.55 Å². The van der Waals surface area contributed by atoms with E-state index in [0.29, 0.717) is 12.2 Å². The number of para-hydroxylation sites is 1. The first-order chi connectivity index (χ1) is 13.9. The van der Waals surface area contributed by atoms with Crippen LogP contribution in [-0.2, 0) is 16.5 Å². The van der Waals surface area contributed by atoms with Gasteiger partial charge in [0, 0.05) is 0 Å². The summed E-state index contributed by atoms with van der Waals surface area (Å²) in [6, 6.07) is 10.4. The van der Waals surface area contributed by atoms with Gasteiger partial charge in [-0.05, 0) is 36.6 Å². The van der Waals surface area contributed by atoms with Crippen LogP contribution in [0.1, 0.15) is 70.3 Å². The average Bonchev–Trinajstić information content (AvgIpc) is 2.68. The number of ether oxygens (including phenoxy) is 1. The topological polar surface area (TPSA) is 86.7 Å². The van der Waals surface area contributed by atoms with E-state index in [0.717, 1.165) is 18.4 Å². The van der Waals surface area contributed by atoms with E-state index < -0.39 is 10.1 Å². The molecule has 2 aromatic rings. The van der Waals surface area contributed by atoms with E-state index in [4.69, 9.17) is 4.74 Å². The van der Waals surface area contributed by atoms with E-state index in [2.05, 4.69) is 6.92 Å². The summed E-state index contributed by atoms with van der Waals surface area (Å²) in [6.07, 6.45) is 11.6. The van der Waals surface area contributed by atoms with Crippen LogP contribution in [0, 0.1) is 0 Å². The second-order valence-electron chi connectivity index (χ2n) is 7.37. The first-order valence-electron chi connectivity index (χ1n) is 10.5. The fourth-order valence-electron chi connectivity index (χ4n) is 3.34. The van der Waals surface area contributed by atoms with Crippen LogP contribution in [0.3, 0.4) is 0 Å². The molecular weight excluding hydrogens is 411 g/mol. The monoisotopic (exact) mass is 442 g/mol. The van der Waals surface area contributed by atoms with Crippen molar-refractivity contribution in [1.82, 2.24) is 0 Å². The quantitative estimate of drug-likeness (QED) is 0.293. The Hall–Kier alpha value is -1.05. The smallest absolute Gasteiger partial charge is 0.872 e. The van der Waals surface area contributed by atoms with Crippen molar-refractivity contribution >= 4 is 10.1 Å². The van der Waals surface area contributed by atoms with Gasteiger partial charge in [0.25, 0.3) is 10.1 Å². The van der Waals surface area contributed by atoms with Crippen molar-refractivity contribution in [1.29, 1.82) is 0 Å². The van der Waals surface area contributed by atoms with Gasteiger partial charge in [0.05, 0.1) is 0 Å². The number of rotatable bonds is 13. The summed E-state index contributed by atoms with van der Waals surface area (Å²) in [7, 11) is -4.40. The predicted molar refractivity (Wildman–Crippen MR) is 113 cm³/mol. The van der Waals surface area contributed by atoms with E-state index >= 15 is 0 Å². The fraction of sp³-hybridized carbons (Fsp3) is 0.478. The van der Waals surface area contributed by atoms with Crippen molar-refractivity contribution in [3.63, 3.8) is 0 Å². The molecule has 0 heterocycles. The Kier molecular flexibility index (Phi) is 12.7. The van der Waals surface area contributed by atoms with Crippen molar-refractivity contribution in [2.75, 3.05) is 0 Å². The van der Waals surface area contributed by atoms with E-state index in [-0.39, 0.29) is 46.0 Å². The summed E-state index contributed by atoms with van der Waals surface area (Å²) in [4.78, 5) is -0.291. The molecule has 0 atom stereocenters. The second kappa shape index (κ2) is 14.1. The van der Waals surface area contributed by atoms with Crippen molar-refractivity contribution in [2.45, 2.75) is 76.0 Å². The molecule has 1 N–H and O–H groups in total. The zero-order chi connectivity index (χ0) is 21.1. The summed E-state index contributed by atoms with van der Waals surface area (Å²) in [5, 5.41) is 11.8. The SMILES string of the molecule is CCCCCCCCCCCc1cc([O-])ccc1Oc1ccccc1S(=O)(=O)O.[Na+]. The van der Waals surface area contributed by atoms with Gasteiger partial charge < -0.3 is 9.84 Å². The molecule has 0 amide bonds. The van der Waals surface area contributed by atoms with Gasteiger partial charge in [-0.25, -0.2) is 0 Å². The maximum atomic E-state index is 11.8. The molecule has 5 nitrogen and oxygen atoms in total. The molecule has 2 aromatic carbocycles. The fourth-order valence-corrected chi connectivity index (χ4v) is 3.96. The van der Waals surface area contributed by atoms with E-state index in [1.165, 1.54) is 75.3 Å². The van der Waals surface area contributed by atoms with Gasteiger partial charge in [0.2, 0.25) is 0 Å². The average molecular weight is 443 g/mol. The van der Waals surface area contributed by atoms with Gasteiger partial charge in [-0.1, -0.05) is 82.6 Å². The normalized spacial score (nSPS) is 11.1. The second-order valence-corrected chi connectivity index (χ2v) is 8.76. The van der Waals surface area contributed by atoms with Gasteiger partial charge in [-0.2, -0.15) is 8.42 Å². The summed E-state index contributed by atoms with van der Waals surface area (Å²) in [5.74, 6) is 0.383. The molecule has 2 rings (SSSR count). The van der Waals surface area contributed by atoms with Gasteiger partial charge in [0.1, 0.15) is 16.4 Å². The Bertz CT molecular complexity index is 868. The van der Waals surface area contributed by atoms with Gasteiger partial charge >= 0.3 is 29.6 Å². The minimum absolute atomic E-state index is 0. The van der Waals surface area contributed by atoms with Gasteiger partial charge in [-0.15, -0.1) is 5.75 Å². The molecule has 0 radical (unpaired) electrons. The Balaban J connectivity index is 0.00000450. The summed E-state index contributed by atoms with van der Waals surface area (Å²) in [5.41, 5.74) is 0.755. The Morgan fingerprint density at radius 3 is 2.10 bits per heavy atom. The van der Waals surface area contributed by atoms with Crippen LogP contribution in [0.4, 0.5) is 0 Å². The van der Waals surface area contributed by atoms with Crippen molar-refractivity contribution < 1.29 is 52.4 Å². The zero-order valence-corrected chi connectivity index (χ0v) is 20.9. The van der Waals surface area contributed by atoms with Crippen LogP contribution >= 0.6 is 0 Å². The number of benzene rings is 2. The summed E-state index contributed by atoms with van der Waals surface area (Å²) < 4.78 is 38.3. The van der Waals surface area contributed by atoms with Crippen LogP contribution in [0.2, 0.25) is 0 Å². The molecule has 0 bridgehead atoms. The minimum atomic E-state index is -4.40. The Morgan fingerprint density at radius 1 is 0.867 bits per heavy atom. The maximum Gasteiger partial charge on any atom is 1.00 e. The summed E-state index contributed by atoms with van der Waals surface area (Å²) >= 11 is 0. The van der Waals surface area contributed by atoms with Crippen LogP contribution in [-0.4, -0.2) is 13.0 Å². The molecule has 0 fully saturated rings. The molecule has 0 saturated carbocycles. The first kappa shape index (κ1) is 27.0.